The van der Waals surface area contributed by atoms with Crippen molar-refractivity contribution in [3.05, 3.63) is 35.8 Å². The summed E-state index contributed by atoms with van der Waals surface area (Å²) in [6.07, 6.45) is 4.16. The number of aromatic nitrogens is 2. The topological polar surface area (TPSA) is 74.9 Å². The molecule has 0 saturated carbocycles. The summed E-state index contributed by atoms with van der Waals surface area (Å²) in [5.41, 5.74) is 2.00. The molecule has 0 aliphatic heterocycles. The Bertz CT molecular complexity index is 648. The number of aliphatic carboxylic acids is 1. The molecule has 0 bridgehead atoms. The number of imidazole rings is 1. The Hall–Kier alpha value is -2.37. The van der Waals surface area contributed by atoms with Crippen molar-refractivity contribution in [2.75, 3.05) is 13.1 Å². The van der Waals surface area contributed by atoms with E-state index < -0.39 is 5.97 Å². The fourth-order valence-corrected chi connectivity index (χ4v) is 2.03. The van der Waals surface area contributed by atoms with E-state index >= 15 is 0 Å². The van der Waals surface area contributed by atoms with E-state index in [9.17, 15) is 9.59 Å². The summed E-state index contributed by atoms with van der Waals surface area (Å²) in [5, 5.41) is 8.86. The first kappa shape index (κ1) is 14.0. The molecule has 106 valence electrons. The van der Waals surface area contributed by atoms with Crippen LogP contribution in [0.3, 0.4) is 0 Å². The lowest BCUT2D eigenvalue weighted by atomic mass is 10.3. The van der Waals surface area contributed by atoms with Crippen molar-refractivity contribution in [2.45, 2.75) is 20.3 Å². The number of carbonyl (C=O) groups excluding carboxylic acids is 1. The summed E-state index contributed by atoms with van der Waals surface area (Å²) in [4.78, 5) is 28.7. The van der Waals surface area contributed by atoms with Gasteiger partial charge in [0, 0.05) is 18.9 Å². The maximum atomic E-state index is 12.3. The molecular weight excluding hydrogens is 258 g/mol. The summed E-state index contributed by atoms with van der Waals surface area (Å²) < 4.78 is 1.76. The number of carbonyl (C=O) groups is 2. The minimum absolute atomic E-state index is 0.269. The minimum Gasteiger partial charge on any atom is -0.480 e. The van der Waals surface area contributed by atoms with Gasteiger partial charge in [0.25, 0.3) is 5.91 Å². The van der Waals surface area contributed by atoms with Crippen LogP contribution in [0.25, 0.3) is 5.65 Å². The van der Waals surface area contributed by atoms with Gasteiger partial charge in [0.1, 0.15) is 17.9 Å². The van der Waals surface area contributed by atoms with Gasteiger partial charge in [0.05, 0.1) is 0 Å². The third-order valence-electron chi connectivity index (χ3n) is 2.94. The van der Waals surface area contributed by atoms with Gasteiger partial charge in [-0.2, -0.15) is 0 Å². The molecule has 0 unspecified atom stereocenters. The molecule has 1 N–H and O–H groups in total. The minimum atomic E-state index is -1.02. The standard InChI is InChI=1S/C14H17N3O3/c1-3-5-17(9-13(18)19)14(20)11-8-16-6-4-10(2)7-12(16)15-11/h4,6-8H,3,5,9H2,1-2H3,(H,18,19). The van der Waals surface area contributed by atoms with Crippen molar-refractivity contribution >= 4 is 17.5 Å². The monoisotopic (exact) mass is 275 g/mol. The number of fused-ring (bicyclic) bond motifs is 1. The van der Waals surface area contributed by atoms with Gasteiger partial charge in [-0.25, -0.2) is 4.98 Å². The molecule has 0 saturated heterocycles. The molecule has 2 rings (SSSR count). The van der Waals surface area contributed by atoms with Crippen LogP contribution in [0.15, 0.2) is 24.5 Å². The lowest BCUT2D eigenvalue weighted by Crippen LogP contribution is -2.36. The SMILES string of the molecule is CCCN(CC(=O)O)C(=O)c1cn2ccc(C)cc2n1. The highest BCUT2D eigenvalue weighted by Crippen LogP contribution is 2.10. The smallest absolute Gasteiger partial charge is 0.323 e. The van der Waals surface area contributed by atoms with E-state index in [0.717, 1.165) is 5.56 Å². The van der Waals surface area contributed by atoms with E-state index in [2.05, 4.69) is 4.98 Å². The fraction of sp³-hybridized carbons (Fsp3) is 0.357. The van der Waals surface area contributed by atoms with Crippen LogP contribution in [0.5, 0.6) is 0 Å². The van der Waals surface area contributed by atoms with Gasteiger partial charge in [-0.15, -0.1) is 0 Å². The van der Waals surface area contributed by atoms with Gasteiger partial charge < -0.3 is 14.4 Å². The highest BCUT2D eigenvalue weighted by molar-refractivity contribution is 5.94. The Labute approximate surface area is 116 Å². The zero-order valence-corrected chi connectivity index (χ0v) is 11.5. The van der Waals surface area contributed by atoms with Crippen LogP contribution in [-0.4, -0.2) is 44.4 Å². The van der Waals surface area contributed by atoms with Crippen molar-refractivity contribution in [3.8, 4) is 0 Å². The van der Waals surface area contributed by atoms with E-state index in [1.165, 1.54) is 4.90 Å². The van der Waals surface area contributed by atoms with Crippen molar-refractivity contribution in [1.29, 1.82) is 0 Å². The maximum absolute atomic E-state index is 12.3. The van der Waals surface area contributed by atoms with Gasteiger partial charge in [-0.1, -0.05) is 6.92 Å². The fourth-order valence-electron chi connectivity index (χ4n) is 2.03. The molecule has 0 atom stereocenters. The average molecular weight is 275 g/mol. The number of hydrogen-bond donors (Lipinski definition) is 1. The highest BCUT2D eigenvalue weighted by Gasteiger charge is 2.20. The van der Waals surface area contributed by atoms with E-state index in [-0.39, 0.29) is 18.1 Å². The van der Waals surface area contributed by atoms with Crippen LogP contribution < -0.4 is 0 Å². The number of pyridine rings is 1. The Kier molecular flexibility index (Phi) is 4.02. The normalized spacial score (nSPS) is 10.7. The van der Waals surface area contributed by atoms with E-state index in [0.29, 0.717) is 18.6 Å². The van der Waals surface area contributed by atoms with Crippen molar-refractivity contribution in [1.82, 2.24) is 14.3 Å². The van der Waals surface area contributed by atoms with Crippen LogP contribution in [0.1, 0.15) is 29.4 Å². The number of nitrogens with zero attached hydrogens (tertiary/aromatic N) is 3. The Morgan fingerprint density at radius 3 is 2.85 bits per heavy atom. The van der Waals surface area contributed by atoms with Gasteiger partial charge in [-0.3, -0.25) is 9.59 Å². The number of carboxylic acids is 1. The molecule has 20 heavy (non-hydrogen) atoms. The summed E-state index contributed by atoms with van der Waals surface area (Å²) in [6.45, 7) is 3.94. The van der Waals surface area contributed by atoms with E-state index in [4.69, 9.17) is 5.11 Å². The van der Waals surface area contributed by atoms with Crippen molar-refractivity contribution in [3.63, 3.8) is 0 Å². The molecule has 0 aliphatic rings. The molecule has 0 aromatic carbocycles. The average Bonchev–Trinajstić information content (AvgIpc) is 2.79. The number of rotatable bonds is 5. The number of hydrogen-bond acceptors (Lipinski definition) is 3. The lowest BCUT2D eigenvalue weighted by Gasteiger charge is -2.18. The molecule has 1 amide bonds. The van der Waals surface area contributed by atoms with Crippen LogP contribution in [0, 0.1) is 6.92 Å². The van der Waals surface area contributed by atoms with E-state index in [1.54, 1.807) is 10.6 Å². The molecule has 0 aliphatic carbocycles. The van der Waals surface area contributed by atoms with Gasteiger partial charge in [0.15, 0.2) is 0 Å². The summed E-state index contributed by atoms with van der Waals surface area (Å²) >= 11 is 0. The van der Waals surface area contributed by atoms with Gasteiger partial charge in [0.2, 0.25) is 0 Å². The number of carboxylic acid groups (broad SMARTS) is 1. The second-order valence-corrected chi connectivity index (χ2v) is 4.72. The molecule has 6 heteroatoms. The lowest BCUT2D eigenvalue weighted by molar-refractivity contribution is -0.137. The van der Waals surface area contributed by atoms with E-state index in [1.807, 2.05) is 32.2 Å². The first-order valence-corrected chi connectivity index (χ1v) is 6.47. The molecule has 0 spiro atoms. The molecule has 0 fully saturated rings. The van der Waals surface area contributed by atoms with Crippen LogP contribution in [0.2, 0.25) is 0 Å². The Morgan fingerprint density at radius 2 is 2.20 bits per heavy atom. The Morgan fingerprint density at radius 1 is 1.45 bits per heavy atom. The predicted molar refractivity (Wildman–Crippen MR) is 73.8 cm³/mol. The number of aryl methyl sites for hydroxylation is 1. The molecule has 2 heterocycles. The third-order valence-corrected chi connectivity index (χ3v) is 2.94. The summed E-state index contributed by atoms with van der Waals surface area (Å²) in [5.74, 6) is -1.37. The quantitative estimate of drug-likeness (QED) is 0.899. The first-order chi connectivity index (χ1) is 9.51. The Balaban J connectivity index is 2.30. The summed E-state index contributed by atoms with van der Waals surface area (Å²) in [6, 6.07) is 3.79. The van der Waals surface area contributed by atoms with Gasteiger partial charge >= 0.3 is 5.97 Å². The van der Waals surface area contributed by atoms with Crippen molar-refractivity contribution < 1.29 is 14.7 Å². The second kappa shape index (κ2) is 5.73. The zero-order chi connectivity index (χ0) is 14.7. The first-order valence-electron chi connectivity index (χ1n) is 6.47. The largest absolute Gasteiger partial charge is 0.480 e. The summed E-state index contributed by atoms with van der Waals surface area (Å²) in [7, 11) is 0. The molecule has 6 nitrogen and oxygen atoms in total. The molecule has 2 aromatic rings. The van der Waals surface area contributed by atoms with Crippen LogP contribution in [0.4, 0.5) is 0 Å². The van der Waals surface area contributed by atoms with Crippen molar-refractivity contribution in [2.24, 2.45) is 0 Å². The molecule has 0 radical (unpaired) electrons. The number of amides is 1. The van der Waals surface area contributed by atoms with Crippen LogP contribution >= 0.6 is 0 Å². The predicted octanol–water partition coefficient (Wildman–Crippen LogP) is 1.58. The van der Waals surface area contributed by atoms with Gasteiger partial charge in [-0.05, 0) is 31.0 Å². The van der Waals surface area contributed by atoms with Crippen LogP contribution in [-0.2, 0) is 4.79 Å². The molecular formula is C14H17N3O3. The second-order valence-electron chi connectivity index (χ2n) is 4.72. The third kappa shape index (κ3) is 2.96. The maximum Gasteiger partial charge on any atom is 0.323 e. The zero-order valence-electron chi connectivity index (χ0n) is 11.5. The highest BCUT2D eigenvalue weighted by atomic mass is 16.4. The molecule has 2 aromatic heterocycles.